The smallest absolute Gasteiger partial charge is 0.0626 e. The second-order valence-corrected chi connectivity index (χ2v) is 3.85. The summed E-state index contributed by atoms with van der Waals surface area (Å²) in [5, 5.41) is 0. The number of rotatable bonds is 6. The second-order valence-electron chi connectivity index (χ2n) is 3.85. The summed E-state index contributed by atoms with van der Waals surface area (Å²) in [5.74, 6) is 0. The minimum absolute atomic E-state index is 0.854. The van der Waals surface area contributed by atoms with E-state index in [-0.39, 0.29) is 0 Å². The van der Waals surface area contributed by atoms with Gasteiger partial charge in [-0.05, 0) is 24.1 Å². The first-order valence-corrected chi connectivity index (χ1v) is 5.87. The zero-order valence-corrected chi connectivity index (χ0v) is 10.4. The fourth-order valence-corrected chi connectivity index (χ4v) is 1.44. The quantitative estimate of drug-likeness (QED) is 0.498. The maximum Gasteiger partial charge on any atom is 0.0626 e. The molecule has 17 heavy (non-hydrogen) atoms. The van der Waals surface area contributed by atoms with Gasteiger partial charge in [0, 0.05) is 6.21 Å². The molecule has 0 amide bonds. The van der Waals surface area contributed by atoms with Crippen molar-refractivity contribution in [3.63, 3.8) is 0 Å². The first-order chi connectivity index (χ1) is 8.26. The molecule has 0 spiro atoms. The Hall–Kier alpha value is -1.89. The van der Waals surface area contributed by atoms with Gasteiger partial charge in [-0.1, -0.05) is 62.4 Å². The van der Waals surface area contributed by atoms with E-state index in [1.54, 1.807) is 6.08 Å². The number of hydrogen-bond donors (Lipinski definition) is 0. The van der Waals surface area contributed by atoms with Gasteiger partial charge in [0.2, 0.25) is 0 Å². The van der Waals surface area contributed by atoms with Gasteiger partial charge in [-0.2, -0.15) is 0 Å². The fraction of sp³-hybridized carbons (Fsp3) is 0.188. The number of hydrogen-bond acceptors (Lipinski definition) is 1. The van der Waals surface area contributed by atoms with Crippen LogP contribution in [-0.2, 0) is 0 Å². The second kappa shape index (κ2) is 7.39. The molecule has 1 aromatic carbocycles. The zero-order valence-electron chi connectivity index (χ0n) is 10.4. The molecule has 0 fully saturated rings. The van der Waals surface area contributed by atoms with Crippen LogP contribution >= 0.6 is 0 Å². The van der Waals surface area contributed by atoms with Gasteiger partial charge in [-0.25, -0.2) is 0 Å². The van der Waals surface area contributed by atoms with Gasteiger partial charge in [0.1, 0.15) is 0 Å². The lowest BCUT2D eigenvalue weighted by Crippen LogP contribution is -1.82. The first-order valence-electron chi connectivity index (χ1n) is 5.87. The van der Waals surface area contributed by atoms with E-state index in [0.29, 0.717) is 0 Å². The van der Waals surface area contributed by atoms with Crippen LogP contribution in [-0.4, -0.2) is 6.21 Å². The van der Waals surface area contributed by atoms with Crippen molar-refractivity contribution in [2.75, 3.05) is 0 Å². The van der Waals surface area contributed by atoms with E-state index in [1.807, 2.05) is 42.6 Å². The molecule has 1 nitrogen and oxygen atoms in total. The number of aliphatic imine (C=N–C) groups is 1. The molecule has 0 bridgehead atoms. The summed E-state index contributed by atoms with van der Waals surface area (Å²) in [7, 11) is 0. The highest BCUT2D eigenvalue weighted by atomic mass is 14.7. The van der Waals surface area contributed by atoms with Crippen LogP contribution < -0.4 is 0 Å². The Labute approximate surface area is 104 Å². The molecule has 0 radical (unpaired) electrons. The van der Waals surface area contributed by atoms with E-state index in [9.17, 15) is 0 Å². The number of allylic oxidation sites excluding steroid dienone is 3. The summed E-state index contributed by atoms with van der Waals surface area (Å²) in [6, 6.07) is 10.0. The van der Waals surface area contributed by atoms with E-state index in [0.717, 1.165) is 29.7 Å². The Morgan fingerprint density at radius 2 is 2.00 bits per heavy atom. The van der Waals surface area contributed by atoms with E-state index in [2.05, 4.69) is 25.1 Å². The highest BCUT2D eigenvalue weighted by molar-refractivity contribution is 5.80. The molecule has 0 aromatic heterocycles. The molecular weight excluding hydrogens is 206 g/mol. The molecule has 1 heteroatoms. The predicted octanol–water partition coefficient (Wildman–Crippen LogP) is 4.53. The van der Waals surface area contributed by atoms with Crippen LogP contribution in [0.25, 0.3) is 0 Å². The summed E-state index contributed by atoms with van der Waals surface area (Å²) in [4.78, 5) is 4.39. The van der Waals surface area contributed by atoms with Gasteiger partial charge in [0.05, 0.1) is 5.70 Å². The topological polar surface area (TPSA) is 12.4 Å². The monoisotopic (exact) mass is 225 g/mol. The highest BCUT2D eigenvalue weighted by Gasteiger charge is 1.91. The Kier molecular flexibility index (Phi) is 5.73. The van der Waals surface area contributed by atoms with E-state index in [4.69, 9.17) is 0 Å². The molecule has 0 atom stereocenters. The van der Waals surface area contributed by atoms with Crippen molar-refractivity contribution in [3.8, 4) is 0 Å². The lowest BCUT2D eigenvalue weighted by atomic mass is 10.1. The first kappa shape index (κ1) is 13.2. The molecule has 0 N–H and O–H groups in total. The molecule has 0 heterocycles. The number of nitrogens with zero attached hydrogens (tertiary/aromatic N) is 1. The van der Waals surface area contributed by atoms with E-state index >= 15 is 0 Å². The minimum atomic E-state index is 0.854. The van der Waals surface area contributed by atoms with Crippen LogP contribution in [0.2, 0.25) is 0 Å². The third-order valence-corrected chi connectivity index (χ3v) is 2.29. The highest BCUT2D eigenvalue weighted by Crippen LogP contribution is 2.09. The van der Waals surface area contributed by atoms with Crippen molar-refractivity contribution in [2.45, 2.75) is 19.8 Å². The van der Waals surface area contributed by atoms with Crippen molar-refractivity contribution in [1.82, 2.24) is 0 Å². The standard InChI is InChI=1S/C16H19N/c1-4-9-14(3)12-16(5-2)17-13-15-10-7-6-8-11-15/h5-8,10-13H,2-4,9H2,1H3/b16-12+,17-13+. The average molecular weight is 225 g/mol. The zero-order chi connectivity index (χ0) is 12.5. The van der Waals surface area contributed by atoms with E-state index in [1.165, 1.54) is 0 Å². The normalized spacial score (nSPS) is 11.7. The molecule has 1 aromatic rings. The van der Waals surface area contributed by atoms with Gasteiger partial charge in [0.15, 0.2) is 0 Å². The maximum absolute atomic E-state index is 4.39. The van der Waals surface area contributed by atoms with Gasteiger partial charge in [-0.3, -0.25) is 4.99 Å². The van der Waals surface area contributed by atoms with Crippen molar-refractivity contribution in [3.05, 3.63) is 72.5 Å². The van der Waals surface area contributed by atoms with Crippen LogP contribution in [0, 0.1) is 0 Å². The summed E-state index contributed by atoms with van der Waals surface area (Å²) in [6.45, 7) is 9.89. The molecule has 0 aliphatic heterocycles. The van der Waals surface area contributed by atoms with Crippen LogP contribution in [0.3, 0.4) is 0 Å². The van der Waals surface area contributed by atoms with Crippen molar-refractivity contribution in [1.29, 1.82) is 0 Å². The minimum Gasteiger partial charge on any atom is -0.256 e. The molecule has 0 aliphatic rings. The van der Waals surface area contributed by atoms with Gasteiger partial charge in [0.25, 0.3) is 0 Å². The third-order valence-electron chi connectivity index (χ3n) is 2.29. The van der Waals surface area contributed by atoms with Crippen LogP contribution in [0.1, 0.15) is 25.3 Å². The molecule has 0 aliphatic carbocycles. The molecular formula is C16H19N. The number of benzene rings is 1. The Balaban J connectivity index is 2.73. The molecule has 0 saturated heterocycles. The van der Waals surface area contributed by atoms with Crippen LogP contribution in [0.15, 0.2) is 71.9 Å². The fourth-order valence-electron chi connectivity index (χ4n) is 1.44. The summed E-state index contributed by atoms with van der Waals surface area (Å²) >= 11 is 0. The molecule has 1 rings (SSSR count). The molecule has 0 saturated carbocycles. The van der Waals surface area contributed by atoms with Crippen LogP contribution in [0.5, 0.6) is 0 Å². The van der Waals surface area contributed by atoms with Crippen molar-refractivity contribution < 1.29 is 0 Å². The summed E-state index contributed by atoms with van der Waals surface area (Å²) in [6.07, 6.45) is 7.67. The third kappa shape index (κ3) is 5.12. The maximum atomic E-state index is 4.39. The largest absolute Gasteiger partial charge is 0.256 e. The Morgan fingerprint density at radius 1 is 1.29 bits per heavy atom. The average Bonchev–Trinajstić information content (AvgIpc) is 2.36. The van der Waals surface area contributed by atoms with E-state index < -0.39 is 0 Å². The lowest BCUT2D eigenvalue weighted by Gasteiger charge is -1.98. The Bertz CT molecular complexity index is 424. The van der Waals surface area contributed by atoms with Crippen molar-refractivity contribution >= 4 is 6.21 Å². The SMILES string of the molecule is C=CC(=C\C(=C)CCC)/N=C/c1ccccc1. The summed E-state index contributed by atoms with van der Waals surface area (Å²) < 4.78 is 0. The molecule has 0 unspecified atom stereocenters. The van der Waals surface area contributed by atoms with Gasteiger partial charge in [-0.15, -0.1) is 0 Å². The lowest BCUT2D eigenvalue weighted by molar-refractivity contribution is 0.928. The van der Waals surface area contributed by atoms with Crippen molar-refractivity contribution in [2.24, 2.45) is 4.99 Å². The van der Waals surface area contributed by atoms with Crippen LogP contribution in [0.4, 0.5) is 0 Å². The molecule has 88 valence electrons. The van der Waals surface area contributed by atoms with Gasteiger partial charge < -0.3 is 0 Å². The predicted molar refractivity (Wildman–Crippen MR) is 76.4 cm³/mol. The Morgan fingerprint density at radius 3 is 2.59 bits per heavy atom. The van der Waals surface area contributed by atoms with Gasteiger partial charge >= 0.3 is 0 Å². The summed E-state index contributed by atoms with van der Waals surface area (Å²) in [5.41, 5.74) is 3.03.